The van der Waals surface area contributed by atoms with E-state index < -0.39 is 66.4 Å². The highest BCUT2D eigenvalue weighted by molar-refractivity contribution is 5.91. The van der Waals surface area contributed by atoms with Gasteiger partial charge in [0.25, 0.3) is 0 Å². The quantitative estimate of drug-likeness (QED) is 0.205. The van der Waals surface area contributed by atoms with Crippen LogP contribution in [0, 0.1) is 29.6 Å². The van der Waals surface area contributed by atoms with E-state index in [1.54, 1.807) is 0 Å². The molecule has 232 valence electrons. The van der Waals surface area contributed by atoms with Crippen LogP contribution in [0.5, 0.6) is 0 Å². The molecule has 4 heterocycles. The zero-order chi connectivity index (χ0) is 30.1. The highest BCUT2D eigenvalue weighted by atomic mass is 17.3. The van der Waals surface area contributed by atoms with Gasteiger partial charge >= 0.3 is 11.9 Å². The summed E-state index contributed by atoms with van der Waals surface area (Å²) in [5.41, 5.74) is -0.780. The van der Waals surface area contributed by atoms with E-state index in [1.807, 2.05) is 27.7 Å². The Bertz CT molecular complexity index is 1010. The standard InChI is InChI=1S/C28H44N2O11/c1-14(2)12-19(23(34)30-20(13-31)24(35)36)29-21(32)8-9-22(33)37-25-16(4)18-7-6-15(3)17-10-11-27(5)39-26(38-25)28(17,18)41-40-27/h14-20,25-26,31H,6-13H2,1-5H3,(H,29,32)(H,30,34)(H,35,36)/t15-,16-,17+,18+,19+,20+,25-,26-,27+,28-/m1/s1. The first kappa shape index (κ1) is 31.6. The number of esters is 1. The van der Waals surface area contributed by atoms with Gasteiger partial charge in [-0.25, -0.2) is 14.6 Å². The van der Waals surface area contributed by atoms with Gasteiger partial charge in [-0.05, 0) is 50.4 Å². The fourth-order valence-corrected chi connectivity index (χ4v) is 6.84. The number of carboxylic acids is 1. The Balaban J connectivity index is 1.35. The van der Waals surface area contributed by atoms with E-state index in [2.05, 4.69) is 17.6 Å². The minimum atomic E-state index is -1.49. The maximum atomic E-state index is 12.8. The SMILES string of the molecule is CC(C)C[C@H](NC(=O)CCC(=O)O[C@@H]1O[C@@H]2O[C@]3(C)CC[C@H]4[C@H](C)CC[C@@H]([C@H]1C)[C@@]24OO3)C(=O)N[C@@H](CO)C(=O)O. The molecule has 2 amide bonds. The fourth-order valence-electron chi connectivity index (χ4n) is 6.84. The Kier molecular flexibility index (Phi) is 9.64. The number of hydrogen-bond acceptors (Lipinski definition) is 10. The van der Waals surface area contributed by atoms with Crippen LogP contribution in [0.1, 0.15) is 79.6 Å². The van der Waals surface area contributed by atoms with Crippen molar-refractivity contribution < 1.29 is 53.4 Å². The van der Waals surface area contributed by atoms with E-state index in [0.29, 0.717) is 12.3 Å². The van der Waals surface area contributed by atoms with Crippen LogP contribution in [-0.2, 0) is 43.2 Å². The van der Waals surface area contributed by atoms with Crippen molar-refractivity contribution in [2.24, 2.45) is 29.6 Å². The van der Waals surface area contributed by atoms with E-state index in [-0.39, 0.29) is 42.9 Å². The van der Waals surface area contributed by atoms with E-state index in [1.165, 1.54) is 0 Å². The number of carboxylic acid groups (broad SMARTS) is 1. The molecule has 4 aliphatic heterocycles. The molecule has 4 saturated heterocycles. The van der Waals surface area contributed by atoms with Gasteiger partial charge in [0.1, 0.15) is 12.1 Å². The van der Waals surface area contributed by atoms with Crippen LogP contribution < -0.4 is 10.6 Å². The maximum Gasteiger partial charge on any atom is 0.328 e. The molecule has 0 aromatic carbocycles. The second-order valence-electron chi connectivity index (χ2n) is 12.6. The number of fused-ring (bicyclic) bond motifs is 2. The fraction of sp³-hybridized carbons (Fsp3) is 0.857. The second-order valence-corrected chi connectivity index (χ2v) is 12.6. The lowest BCUT2D eigenvalue weighted by Gasteiger charge is -2.59. The number of carbonyl (C=O) groups is 4. The Morgan fingerprint density at radius 2 is 1.73 bits per heavy atom. The second kappa shape index (κ2) is 12.5. The third-order valence-corrected chi connectivity index (χ3v) is 9.06. The topological polar surface area (TPSA) is 179 Å². The predicted molar refractivity (Wildman–Crippen MR) is 140 cm³/mol. The Hall–Kier alpha value is -2.32. The van der Waals surface area contributed by atoms with Crippen LogP contribution in [0.3, 0.4) is 0 Å². The number of aliphatic carboxylic acids is 1. The van der Waals surface area contributed by atoms with E-state index >= 15 is 0 Å². The summed E-state index contributed by atoms with van der Waals surface area (Å²) >= 11 is 0. The lowest BCUT2D eigenvalue weighted by Crippen LogP contribution is -2.70. The lowest BCUT2D eigenvalue weighted by atomic mass is 9.58. The number of aliphatic hydroxyl groups is 1. The third-order valence-electron chi connectivity index (χ3n) is 9.06. The molecule has 13 nitrogen and oxygen atoms in total. The summed E-state index contributed by atoms with van der Waals surface area (Å²) in [4.78, 5) is 61.2. The molecular weight excluding hydrogens is 540 g/mol. The molecule has 2 bridgehead atoms. The highest BCUT2D eigenvalue weighted by Crippen LogP contribution is 2.60. The molecule has 0 aromatic rings. The Morgan fingerprint density at radius 1 is 1.00 bits per heavy atom. The summed E-state index contributed by atoms with van der Waals surface area (Å²) in [6.45, 7) is 8.89. The molecule has 5 rings (SSSR count). The number of nitrogens with one attached hydrogen (secondary N) is 2. The van der Waals surface area contributed by atoms with Crippen LogP contribution in [-0.4, -0.2) is 76.6 Å². The van der Waals surface area contributed by atoms with Crippen LogP contribution in [0.4, 0.5) is 0 Å². The van der Waals surface area contributed by atoms with Crippen LogP contribution >= 0.6 is 0 Å². The number of aliphatic hydroxyl groups excluding tert-OH is 1. The zero-order valence-corrected chi connectivity index (χ0v) is 24.4. The molecule has 5 fully saturated rings. The molecule has 5 aliphatic rings. The van der Waals surface area contributed by atoms with Crippen LogP contribution in [0.2, 0.25) is 0 Å². The van der Waals surface area contributed by atoms with Gasteiger partial charge in [0, 0.05) is 24.7 Å². The number of ether oxygens (including phenoxy) is 3. The van der Waals surface area contributed by atoms with Crippen molar-refractivity contribution in [2.75, 3.05) is 6.61 Å². The van der Waals surface area contributed by atoms with E-state index in [9.17, 15) is 24.3 Å². The van der Waals surface area contributed by atoms with Crippen molar-refractivity contribution in [3.05, 3.63) is 0 Å². The van der Waals surface area contributed by atoms with Gasteiger partial charge in [-0.3, -0.25) is 14.4 Å². The molecule has 1 spiro atoms. The Morgan fingerprint density at radius 3 is 2.39 bits per heavy atom. The molecule has 10 atom stereocenters. The number of hydrogen-bond donors (Lipinski definition) is 4. The first-order valence-corrected chi connectivity index (χ1v) is 14.6. The number of amides is 2. The van der Waals surface area contributed by atoms with Gasteiger partial charge in [-0.2, -0.15) is 0 Å². The monoisotopic (exact) mass is 584 g/mol. The smallest absolute Gasteiger partial charge is 0.328 e. The molecule has 0 radical (unpaired) electrons. The average molecular weight is 585 g/mol. The number of carbonyl (C=O) groups excluding carboxylic acids is 3. The normalized spacial score (nSPS) is 37.3. The molecule has 4 N–H and O–H groups in total. The summed E-state index contributed by atoms with van der Waals surface area (Å²) in [6, 6.07) is -2.52. The predicted octanol–water partition coefficient (Wildman–Crippen LogP) is 1.61. The van der Waals surface area contributed by atoms with Crippen molar-refractivity contribution in [1.29, 1.82) is 0 Å². The zero-order valence-electron chi connectivity index (χ0n) is 24.4. The first-order valence-electron chi connectivity index (χ1n) is 14.6. The average Bonchev–Trinajstić information content (AvgIpc) is 3.13. The van der Waals surface area contributed by atoms with Gasteiger partial charge in [-0.1, -0.05) is 27.7 Å². The summed E-state index contributed by atoms with van der Waals surface area (Å²) in [5, 5.41) is 23.1. The highest BCUT2D eigenvalue weighted by Gasteiger charge is 2.69. The van der Waals surface area contributed by atoms with Crippen molar-refractivity contribution in [1.82, 2.24) is 10.6 Å². The van der Waals surface area contributed by atoms with Gasteiger partial charge in [0.05, 0.1) is 13.0 Å². The van der Waals surface area contributed by atoms with Gasteiger partial charge < -0.3 is 35.1 Å². The molecule has 41 heavy (non-hydrogen) atoms. The summed E-state index contributed by atoms with van der Waals surface area (Å²) < 4.78 is 18.2. The molecular formula is C28H44N2O11. The number of rotatable bonds is 11. The third kappa shape index (κ3) is 6.53. The van der Waals surface area contributed by atoms with Crippen molar-refractivity contribution in [3.8, 4) is 0 Å². The van der Waals surface area contributed by atoms with Crippen LogP contribution in [0.25, 0.3) is 0 Å². The summed E-state index contributed by atoms with van der Waals surface area (Å²) in [5.74, 6) is -3.92. The largest absolute Gasteiger partial charge is 0.480 e. The van der Waals surface area contributed by atoms with Crippen molar-refractivity contribution in [3.63, 3.8) is 0 Å². The summed E-state index contributed by atoms with van der Waals surface area (Å²) in [6.07, 6.45) is 1.49. The van der Waals surface area contributed by atoms with E-state index in [0.717, 1.165) is 19.3 Å². The van der Waals surface area contributed by atoms with Gasteiger partial charge in [0.15, 0.2) is 11.9 Å². The molecule has 1 saturated carbocycles. The van der Waals surface area contributed by atoms with Crippen molar-refractivity contribution >= 4 is 23.8 Å². The van der Waals surface area contributed by atoms with Gasteiger partial charge in [0.2, 0.25) is 23.9 Å². The lowest BCUT2D eigenvalue weighted by molar-refractivity contribution is -0.576. The van der Waals surface area contributed by atoms with Gasteiger partial charge in [-0.15, -0.1) is 0 Å². The first-order chi connectivity index (χ1) is 19.3. The summed E-state index contributed by atoms with van der Waals surface area (Å²) in [7, 11) is 0. The molecule has 13 heteroatoms. The van der Waals surface area contributed by atoms with Crippen molar-refractivity contribution in [2.45, 2.75) is 116 Å². The minimum absolute atomic E-state index is 0.00198. The molecule has 1 aliphatic carbocycles. The maximum absolute atomic E-state index is 12.8. The van der Waals surface area contributed by atoms with E-state index in [4.69, 9.17) is 29.1 Å². The molecule has 0 aromatic heterocycles. The minimum Gasteiger partial charge on any atom is -0.480 e. The Labute approximate surface area is 239 Å². The molecule has 0 unspecified atom stereocenters. The van der Waals surface area contributed by atoms with Crippen LogP contribution in [0.15, 0.2) is 0 Å².